The minimum atomic E-state index is 0.677. The summed E-state index contributed by atoms with van der Waals surface area (Å²) in [6.07, 6.45) is 0. The number of hydrogen-bond acceptors (Lipinski definition) is 4. The summed E-state index contributed by atoms with van der Waals surface area (Å²) in [6, 6.07) is 0. The Hall–Kier alpha value is -0.200. The van der Waals surface area contributed by atoms with Crippen molar-refractivity contribution in [2.24, 2.45) is 0 Å². The second kappa shape index (κ2) is 8.07. The van der Waals surface area contributed by atoms with Gasteiger partial charge in [0.25, 0.3) is 0 Å². The predicted octanol–water partition coefficient (Wildman–Crippen LogP) is 1.66. The van der Waals surface area contributed by atoms with Crippen LogP contribution in [0.15, 0.2) is 0 Å². The van der Waals surface area contributed by atoms with Crippen molar-refractivity contribution in [1.29, 1.82) is 0 Å². The molecule has 18 heavy (non-hydrogen) atoms. The number of rotatable bonds is 9. The summed E-state index contributed by atoms with van der Waals surface area (Å²) in [5.41, 5.74) is 0. The van der Waals surface area contributed by atoms with Gasteiger partial charge in [0.15, 0.2) is 0 Å². The van der Waals surface area contributed by atoms with Crippen molar-refractivity contribution in [1.82, 2.24) is 20.0 Å². The van der Waals surface area contributed by atoms with Gasteiger partial charge in [0.05, 0.1) is 32.7 Å². The molecular formula is C13H34N5+. The maximum absolute atomic E-state index is 2.47. The topological polar surface area (TPSA) is 13.0 Å². The van der Waals surface area contributed by atoms with Crippen LogP contribution in [-0.2, 0) is 0 Å². The zero-order chi connectivity index (χ0) is 14.3. The molecule has 110 valence electrons. The molecule has 0 radical (unpaired) electrons. The van der Waals surface area contributed by atoms with Crippen LogP contribution in [0.5, 0.6) is 0 Å². The fourth-order valence-electron chi connectivity index (χ4n) is 2.60. The highest BCUT2D eigenvalue weighted by atomic mass is 16.3. The van der Waals surface area contributed by atoms with Gasteiger partial charge in [0.2, 0.25) is 0 Å². The molecule has 0 aromatic rings. The second-order valence-electron chi connectivity index (χ2n) is 4.60. The lowest BCUT2D eigenvalue weighted by atomic mass is 10.6. The van der Waals surface area contributed by atoms with E-state index >= 15 is 0 Å². The molecule has 0 aliphatic rings. The monoisotopic (exact) mass is 260 g/mol. The van der Waals surface area contributed by atoms with Crippen molar-refractivity contribution in [2.75, 3.05) is 53.9 Å². The summed E-state index contributed by atoms with van der Waals surface area (Å²) in [6.45, 7) is 16.2. The SMILES string of the molecule is CCN(C)[N+](N(C)CC)(N(C)CC)N(CC)CC. The molecule has 0 atom stereocenters. The minimum absolute atomic E-state index is 0.677. The highest BCUT2D eigenvalue weighted by molar-refractivity contribution is 4.41. The van der Waals surface area contributed by atoms with Crippen molar-refractivity contribution in [3.05, 3.63) is 0 Å². The third-order valence-corrected chi connectivity index (χ3v) is 3.86. The average molecular weight is 260 g/mol. The first-order valence-electron chi connectivity index (χ1n) is 7.26. The third-order valence-electron chi connectivity index (χ3n) is 3.86. The molecule has 0 saturated heterocycles. The lowest BCUT2D eigenvalue weighted by Crippen LogP contribution is -2.79. The third kappa shape index (κ3) is 3.03. The molecule has 0 spiro atoms. The van der Waals surface area contributed by atoms with Crippen molar-refractivity contribution in [3.8, 4) is 0 Å². The van der Waals surface area contributed by atoms with Crippen molar-refractivity contribution in [3.63, 3.8) is 0 Å². The molecule has 0 rings (SSSR count). The molecule has 0 aromatic heterocycles. The molecule has 0 fully saturated rings. The summed E-state index contributed by atoms with van der Waals surface area (Å²) >= 11 is 0. The molecule has 0 amide bonds. The molecular weight excluding hydrogens is 226 g/mol. The zero-order valence-corrected chi connectivity index (χ0v) is 13.8. The maximum atomic E-state index is 2.47. The van der Waals surface area contributed by atoms with Crippen LogP contribution in [0, 0.1) is 0 Å². The first-order valence-corrected chi connectivity index (χ1v) is 7.26. The molecule has 0 bridgehead atoms. The largest absolute Gasteiger partial charge is 0.0991 e. The number of quaternary nitrogens is 1. The van der Waals surface area contributed by atoms with Crippen LogP contribution >= 0.6 is 0 Å². The van der Waals surface area contributed by atoms with E-state index in [1.807, 2.05) is 0 Å². The summed E-state index contributed by atoms with van der Waals surface area (Å²) < 4.78 is 0. The number of hydrogen-bond donors (Lipinski definition) is 0. The van der Waals surface area contributed by atoms with E-state index in [1.54, 1.807) is 0 Å². The molecule has 0 unspecified atom stereocenters. The van der Waals surface area contributed by atoms with Crippen LogP contribution in [-0.4, -0.2) is 78.8 Å². The lowest BCUT2D eigenvalue weighted by Gasteiger charge is -2.54. The van der Waals surface area contributed by atoms with E-state index in [4.69, 9.17) is 0 Å². The van der Waals surface area contributed by atoms with Gasteiger partial charge in [-0.15, -0.1) is 0 Å². The van der Waals surface area contributed by atoms with Crippen molar-refractivity contribution in [2.45, 2.75) is 34.6 Å². The van der Waals surface area contributed by atoms with Crippen LogP contribution in [0.1, 0.15) is 34.6 Å². The van der Waals surface area contributed by atoms with Gasteiger partial charge in [0.1, 0.15) is 0 Å². The Labute approximate surface area is 114 Å². The van der Waals surface area contributed by atoms with Gasteiger partial charge in [-0.25, -0.2) is 0 Å². The Balaban J connectivity index is 5.67. The average Bonchev–Trinajstić information content (AvgIpc) is 2.41. The fraction of sp³-hybridized carbons (Fsp3) is 1.00. The van der Waals surface area contributed by atoms with E-state index in [0.717, 1.165) is 32.7 Å². The lowest BCUT2D eigenvalue weighted by molar-refractivity contribution is -1.28. The highest BCUT2D eigenvalue weighted by Gasteiger charge is 2.46. The zero-order valence-electron chi connectivity index (χ0n) is 13.8. The molecule has 0 heterocycles. The number of nitrogens with zero attached hydrogens (tertiary/aromatic N) is 5. The quantitative estimate of drug-likeness (QED) is 0.462. The van der Waals surface area contributed by atoms with Crippen molar-refractivity contribution >= 4 is 0 Å². The van der Waals surface area contributed by atoms with Crippen LogP contribution in [0.4, 0.5) is 0 Å². The van der Waals surface area contributed by atoms with E-state index in [0.29, 0.717) is 4.92 Å². The van der Waals surface area contributed by atoms with E-state index in [2.05, 4.69) is 75.8 Å². The van der Waals surface area contributed by atoms with E-state index in [-0.39, 0.29) is 0 Å². The normalized spacial score (nSPS) is 13.3. The first-order chi connectivity index (χ1) is 8.46. The van der Waals surface area contributed by atoms with Crippen LogP contribution in [0.3, 0.4) is 0 Å². The molecule has 0 aromatic carbocycles. The Kier molecular flexibility index (Phi) is 7.98. The van der Waals surface area contributed by atoms with Gasteiger partial charge >= 0.3 is 0 Å². The van der Waals surface area contributed by atoms with Crippen LogP contribution in [0.25, 0.3) is 0 Å². The predicted molar refractivity (Wildman–Crippen MR) is 78.1 cm³/mol. The molecule has 0 N–H and O–H groups in total. The van der Waals surface area contributed by atoms with Gasteiger partial charge < -0.3 is 0 Å². The van der Waals surface area contributed by atoms with E-state index < -0.39 is 0 Å². The molecule has 0 aliphatic carbocycles. The molecule has 0 saturated carbocycles. The summed E-state index contributed by atoms with van der Waals surface area (Å²) in [7, 11) is 6.57. The molecule has 5 heteroatoms. The van der Waals surface area contributed by atoms with E-state index in [9.17, 15) is 0 Å². The van der Waals surface area contributed by atoms with Crippen LogP contribution in [0.2, 0.25) is 0 Å². The van der Waals surface area contributed by atoms with Gasteiger partial charge in [-0.05, 0) is 39.5 Å². The van der Waals surface area contributed by atoms with E-state index in [1.165, 1.54) is 0 Å². The summed E-state index contributed by atoms with van der Waals surface area (Å²) in [5.74, 6) is 0. The second-order valence-corrected chi connectivity index (χ2v) is 4.60. The Morgan fingerprint density at radius 1 is 0.556 bits per heavy atom. The highest BCUT2D eigenvalue weighted by Crippen LogP contribution is 2.22. The van der Waals surface area contributed by atoms with Gasteiger partial charge in [-0.2, -0.15) is 0 Å². The van der Waals surface area contributed by atoms with Gasteiger partial charge in [-0.1, -0.05) is 20.0 Å². The Bertz CT molecular complexity index is 191. The fourth-order valence-corrected chi connectivity index (χ4v) is 2.60. The first kappa shape index (κ1) is 17.8. The molecule has 0 aliphatic heterocycles. The summed E-state index contributed by atoms with van der Waals surface area (Å²) in [5, 5.41) is 9.59. The smallest absolute Gasteiger partial charge is 0.0511 e. The minimum Gasteiger partial charge on any atom is -0.0991 e. The Morgan fingerprint density at radius 2 is 0.833 bits per heavy atom. The maximum Gasteiger partial charge on any atom is 0.0511 e. The summed E-state index contributed by atoms with van der Waals surface area (Å²) in [4.78, 5) is 0.677. The molecule has 5 nitrogen and oxygen atoms in total. The van der Waals surface area contributed by atoms with Gasteiger partial charge in [-0.3, -0.25) is 0 Å². The Morgan fingerprint density at radius 3 is 1.00 bits per heavy atom. The van der Waals surface area contributed by atoms with Gasteiger partial charge in [0, 0.05) is 21.1 Å². The standard InChI is InChI=1S/C13H34N5/c1-9-14(6)18(15(7)10-2,16(8)11-3)17(12-4)13-5/h9-13H2,1-8H3/q+1. The van der Waals surface area contributed by atoms with Crippen molar-refractivity contribution < 1.29 is 4.92 Å². The van der Waals surface area contributed by atoms with Crippen LogP contribution < -0.4 is 0 Å².